The second-order valence-corrected chi connectivity index (χ2v) is 6.28. The number of nitrogens with one attached hydrogen (secondary N) is 2. The zero-order valence-electron chi connectivity index (χ0n) is 14.4. The first kappa shape index (κ1) is 20.4. The van der Waals surface area contributed by atoms with Gasteiger partial charge in [0.2, 0.25) is 0 Å². The molecule has 1 aromatic rings. The number of aromatic nitrogens is 2. The molecule has 2 atom stereocenters. The Bertz CT molecular complexity index is 541. The van der Waals surface area contributed by atoms with Crippen LogP contribution in [0.2, 0.25) is 0 Å². The Kier molecular flexibility index (Phi) is 8.21. The van der Waals surface area contributed by atoms with Crippen molar-refractivity contribution in [3.8, 4) is 0 Å². The van der Waals surface area contributed by atoms with Gasteiger partial charge in [-0.05, 0) is 39.3 Å². The number of carbonyl (C=O) groups excluding carboxylic acids is 2. The van der Waals surface area contributed by atoms with Crippen molar-refractivity contribution in [2.75, 3.05) is 19.6 Å². The van der Waals surface area contributed by atoms with E-state index in [1.807, 2.05) is 10.9 Å². The van der Waals surface area contributed by atoms with Crippen LogP contribution in [0.4, 0.5) is 0 Å². The van der Waals surface area contributed by atoms with Crippen LogP contribution in [0.15, 0.2) is 12.3 Å². The second kappa shape index (κ2) is 9.64. The Morgan fingerprint density at radius 2 is 2.21 bits per heavy atom. The highest BCUT2D eigenvalue weighted by molar-refractivity contribution is 5.92. The molecule has 0 saturated carbocycles. The van der Waals surface area contributed by atoms with Gasteiger partial charge in [0.15, 0.2) is 0 Å². The zero-order valence-corrected chi connectivity index (χ0v) is 15.3. The largest absolute Gasteiger partial charge is 0.463 e. The van der Waals surface area contributed by atoms with Crippen LogP contribution < -0.4 is 10.6 Å². The molecule has 0 aliphatic carbocycles. The molecule has 1 aliphatic heterocycles. The fourth-order valence-corrected chi connectivity index (χ4v) is 2.49. The molecular formula is C16H27ClN4O3. The molecule has 8 heteroatoms. The van der Waals surface area contributed by atoms with Crippen molar-refractivity contribution in [3.05, 3.63) is 18.0 Å². The van der Waals surface area contributed by atoms with Crippen molar-refractivity contribution >= 4 is 24.3 Å². The van der Waals surface area contributed by atoms with Gasteiger partial charge in [-0.25, -0.2) is 0 Å². The molecule has 24 heavy (non-hydrogen) atoms. The molecule has 7 nitrogen and oxygen atoms in total. The van der Waals surface area contributed by atoms with Gasteiger partial charge in [0.1, 0.15) is 5.69 Å². The minimum absolute atomic E-state index is 0. The minimum Gasteiger partial charge on any atom is -0.463 e. The third-order valence-corrected chi connectivity index (χ3v) is 3.81. The number of halogens is 1. The van der Waals surface area contributed by atoms with E-state index in [1.165, 1.54) is 0 Å². The second-order valence-electron chi connectivity index (χ2n) is 6.28. The van der Waals surface area contributed by atoms with E-state index in [1.54, 1.807) is 26.8 Å². The molecule has 0 aromatic carbocycles. The summed E-state index contributed by atoms with van der Waals surface area (Å²) in [5.74, 6) is -0.957. The number of piperidine rings is 1. The van der Waals surface area contributed by atoms with Gasteiger partial charge in [-0.15, -0.1) is 12.4 Å². The maximum atomic E-state index is 12.1. The molecule has 136 valence electrons. The van der Waals surface area contributed by atoms with E-state index in [2.05, 4.69) is 15.7 Å². The summed E-state index contributed by atoms with van der Waals surface area (Å²) in [5, 5.41) is 10.4. The van der Waals surface area contributed by atoms with Gasteiger partial charge in [-0.2, -0.15) is 5.10 Å². The fourth-order valence-electron chi connectivity index (χ4n) is 2.49. The Balaban J connectivity index is 0.00000288. The first-order chi connectivity index (χ1) is 11.0. The Morgan fingerprint density at radius 1 is 1.46 bits per heavy atom. The molecule has 1 fully saturated rings. The average Bonchev–Trinajstić information content (AvgIpc) is 3.02. The summed E-state index contributed by atoms with van der Waals surface area (Å²) >= 11 is 0. The van der Waals surface area contributed by atoms with Crippen LogP contribution in [-0.2, 0) is 9.53 Å². The Hall–Kier alpha value is -1.60. The lowest BCUT2D eigenvalue weighted by molar-refractivity contribution is -0.151. The molecule has 1 aliphatic rings. The highest BCUT2D eigenvalue weighted by atomic mass is 35.5. The summed E-state index contributed by atoms with van der Waals surface area (Å²) in [6.07, 6.45) is 3.86. The number of hydrogen-bond donors (Lipinski definition) is 2. The van der Waals surface area contributed by atoms with Crippen LogP contribution in [0.5, 0.6) is 0 Å². The van der Waals surface area contributed by atoms with E-state index >= 15 is 0 Å². The maximum absolute atomic E-state index is 12.1. The van der Waals surface area contributed by atoms with Crippen molar-refractivity contribution in [2.24, 2.45) is 5.92 Å². The molecule has 1 aromatic heterocycles. The molecule has 1 amide bonds. The van der Waals surface area contributed by atoms with Crippen LogP contribution in [0.25, 0.3) is 0 Å². The summed E-state index contributed by atoms with van der Waals surface area (Å²) in [6.45, 7) is 7.49. The van der Waals surface area contributed by atoms with Crippen molar-refractivity contribution in [3.63, 3.8) is 0 Å². The SMILES string of the molecule is CC(C)OC(=O)C(C)CNC(=O)c1ccn(C2CCCNC2)n1.Cl. The highest BCUT2D eigenvalue weighted by Crippen LogP contribution is 2.15. The number of ether oxygens (including phenoxy) is 1. The number of rotatable bonds is 6. The minimum atomic E-state index is -0.383. The summed E-state index contributed by atoms with van der Waals surface area (Å²) in [7, 11) is 0. The summed E-state index contributed by atoms with van der Waals surface area (Å²) in [6, 6.07) is 2.01. The van der Waals surface area contributed by atoms with E-state index in [-0.39, 0.29) is 42.9 Å². The lowest BCUT2D eigenvalue weighted by Crippen LogP contribution is -2.34. The van der Waals surface area contributed by atoms with Gasteiger partial charge in [-0.3, -0.25) is 14.3 Å². The number of esters is 1. The third kappa shape index (κ3) is 5.79. The van der Waals surface area contributed by atoms with Gasteiger partial charge < -0.3 is 15.4 Å². The lowest BCUT2D eigenvalue weighted by atomic mass is 10.1. The van der Waals surface area contributed by atoms with Crippen LogP contribution >= 0.6 is 12.4 Å². The van der Waals surface area contributed by atoms with Crippen LogP contribution in [0, 0.1) is 5.92 Å². The van der Waals surface area contributed by atoms with E-state index in [4.69, 9.17) is 4.74 Å². The van der Waals surface area contributed by atoms with Gasteiger partial charge in [0, 0.05) is 19.3 Å². The topological polar surface area (TPSA) is 85.2 Å². The van der Waals surface area contributed by atoms with Gasteiger partial charge in [0.05, 0.1) is 18.1 Å². The van der Waals surface area contributed by atoms with Crippen molar-refractivity contribution in [1.29, 1.82) is 0 Å². The number of nitrogens with zero attached hydrogens (tertiary/aromatic N) is 2. The molecule has 2 heterocycles. The third-order valence-electron chi connectivity index (χ3n) is 3.81. The average molecular weight is 359 g/mol. The molecule has 2 rings (SSSR count). The van der Waals surface area contributed by atoms with Crippen molar-refractivity contribution in [1.82, 2.24) is 20.4 Å². The van der Waals surface area contributed by atoms with E-state index < -0.39 is 0 Å². The lowest BCUT2D eigenvalue weighted by Gasteiger charge is -2.22. The van der Waals surface area contributed by atoms with Crippen LogP contribution in [-0.4, -0.2) is 47.4 Å². The van der Waals surface area contributed by atoms with Crippen molar-refractivity contribution in [2.45, 2.75) is 45.8 Å². The fraction of sp³-hybridized carbons (Fsp3) is 0.688. The van der Waals surface area contributed by atoms with E-state index in [0.717, 1.165) is 25.9 Å². The molecular weight excluding hydrogens is 332 g/mol. The molecule has 2 N–H and O–H groups in total. The maximum Gasteiger partial charge on any atom is 0.310 e. The van der Waals surface area contributed by atoms with Gasteiger partial charge >= 0.3 is 5.97 Å². The monoisotopic (exact) mass is 358 g/mol. The van der Waals surface area contributed by atoms with E-state index in [9.17, 15) is 9.59 Å². The van der Waals surface area contributed by atoms with Crippen molar-refractivity contribution < 1.29 is 14.3 Å². The highest BCUT2D eigenvalue weighted by Gasteiger charge is 2.20. The van der Waals surface area contributed by atoms with Crippen LogP contribution in [0.1, 0.15) is 50.1 Å². The number of carbonyl (C=O) groups is 2. The number of hydrogen-bond acceptors (Lipinski definition) is 5. The molecule has 0 bridgehead atoms. The smallest absolute Gasteiger partial charge is 0.310 e. The molecule has 1 saturated heterocycles. The summed E-state index contributed by atoms with van der Waals surface area (Å²) in [4.78, 5) is 23.8. The molecule has 0 radical (unpaired) electrons. The quantitative estimate of drug-likeness (QED) is 0.753. The zero-order chi connectivity index (χ0) is 16.8. The Morgan fingerprint density at radius 3 is 2.83 bits per heavy atom. The summed E-state index contributed by atoms with van der Waals surface area (Å²) in [5.41, 5.74) is 0.375. The normalized spacial score (nSPS) is 18.6. The number of amides is 1. The molecule has 2 unspecified atom stereocenters. The predicted molar refractivity (Wildman–Crippen MR) is 93.3 cm³/mol. The van der Waals surface area contributed by atoms with Gasteiger partial charge in [0.25, 0.3) is 5.91 Å². The molecule has 0 spiro atoms. The predicted octanol–water partition coefficient (Wildman–Crippen LogP) is 1.55. The van der Waals surface area contributed by atoms with Gasteiger partial charge in [-0.1, -0.05) is 6.92 Å². The summed E-state index contributed by atoms with van der Waals surface area (Å²) < 4.78 is 6.96. The standard InChI is InChI=1S/C16H26N4O3.ClH/c1-11(2)23-16(22)12(3)9-18-15(21)14-6-8-20(19-14)13-5-4-7-17-10-13;/h6,8,11-13,17H,4-5,7,9-10H2,1-3H3,(H,18,21);1H. The first-order valence-corrected chi connectivity index (χ1v) is 8.22. The first-order valence-electron chi connectivity index (χ1n) is 8.22. The van der Waals surface area contributed by atoms with E-state index in [0.29, 0.717) is 11.7 Å². The van der Waals surface area contributed by atoms with Crippen LogP contribution in [0.3, 0.4) is 0 Å². The Labute approximate surface area is 148 Å².